The molecule has 5 nitrogen and oxygen atoms in total. The summed E-state index contributed by atoms with van der Waals surface area (Å²) in [6.07, 6.45) is 1.03. The molecule has 23 heavy (non-hydrogen) atoms. The summed E-state index contributed by atoms with van der Waals surface area (Å²) in [6.45, 7) is 4.39. The van der Waals surface area contributed by atoms with Gasteiger partial charge in [-0.1, -0.05) is 12.1 Å². The minimum absolute atomic E-state index is 0.226. The van der Waals surface area contributed by atoms with Gasteiger partial charge in [0.15, 0.2) is 0 Å². The highest BCUT2D eigenvalue weighted by atomic mass is 19.1. The second-order valence-electron chi connectivity index (χ2n) is 5.78. The van der Waals surface area contributed by atoms with Gasteiger partial charge in [-0.25, -0.2) is 9.37 Å². The topological polar surface area (TPSA) is 53.1 Å². The molecular formula is C17H24FN5. The Labute approximate surface area is 137 Å². The first-order chi connectivity index (χ1) is 11.0. The van der Waals surface area contributed by atoms with Crippen LogP contribution < -0.4 is 10.6 Å². The number of anilines is 2. The van der Waals surface area contributed by atoms with Gasteiger partial charge in [-0.3, -0.25) is 0 Å². The molecule has 1 heterocycles. The first-order valence-electron chi connectivity index (χ1n) is 7.75. The van der Waals surface area contributed by atoms with Crippen LogP contribution in [0, 0.1) is 12.7 Å². The summed E-state index contributed by atoms with van der Waals surface area (Å²) in [5, 5.41) is 6.50. The predicted octanol–water partition coefficient (Wildman–Crippen LogP) is 2.90. The fraction of sp³-hybridized carbons (Fsp3) is 0.412. The molecule has 0 aliphatic rings. The lowest BCUT2D eigenvalue weighted by Gasteiger charge is -2.12. The number of nitrogens with zero attached hydrogens (tertiary/aromatic N) is 3. The Bertz CT molecular complexity index is 613. The van der Waals surface area contributed by atoms with Gasteiger partial charge < -0.3 is 15.5 Å². The third-order valence-corrected chi connectivity index (χ3v) is 3.31. The lowest BCUT2D eigenvalue weighted by Crippen LogP contribution is -2.17. The number of rotatable bonds is 8. The van der Waals surface area contributed by atoms with Crippen molar-refractivity contribution in [3.05, 3.63) is 47.4 Å². The third kappa shape index (κ3) is 6.20. The second-order valence-corrected chi connectivity index (χ2v) is 5.78. The molecule has 0 saturated heterocycles. The summed E-state index contributed by atoms with van der Waals surface area (Å²) in [4.78, 5) is 11.0. The van der Waals surface area contributed by atoms with Crippen molar-refractivity contribution < 1.29 is 4.39 Å². The van der Waals surface area contributed by atoms with Crippen LogP contribution in [0.2, 0.25) is 0 Å². The van der Waals surface area contributed by atoms with Crippen molar-refractivity contribution in [2.24, 2.45) is 0 Å². The van der Waals surface area contributed by atoms with Crippen molar-refractivity contribution in [3.63, 3.8) is 0 Å². The van der Waals surface area contributed by atoms with Crippen LogP contribution in [-0.4, -0.2) is 42.1 Å². The maximum atomic E-state index is 12.9. The van der Waals surface area contributed by atoms with Crippen LogP contribution in [0.4, 0.5) is 16.2 Å². The molecule has 0 saturated carbocycles. The number of aryl methyl sites for hydroxylation is 1. The molecular weight excluding hydrogens is 293 g/mol. The lowest BCUT2D eigenvalue weighted by atomic mass is 10.2. The predicted molar refractivity (Wildman–Crippen MR) is 92.2 cm³/mol. The molecule has 0 spiro atoms. The van der Waals surface area contributed by atoms with Crippen molar-refractivity contribution in [1.29, 1.82) is 0 Å². The number of benzene rings is 1. The molecule has 0 aliphatic heterocycles. The molecule has 0 atom stereocenters. The van der Waals surface area contributed by atoms with Crippen molar-refractivity contribution in [1.82, 2.24) is 14.9 Å². The minimum Gasteiger partial charge on any atom is -0.366 e. The van der Waals surface area contributed by atoms with Crippen molar-refractivity contribution in [2.75, 3.05) is 37.8 Å². The summed E-state index contributed by atoms with van der Waals surface area (Å²) in [7, 11) is 4.11. The summed E-state index contributed by atoms with van der Waals surface area (Å²) in [5.74, 6) is 1.16. The van der Waals surface area contributed by atoms with E-state index in [9.17, 15) is 4.39 Å². The van der Waals surface area contributed by atoms with Gasteiger partial charge in [0.05, 0.1) is 0 Å². The molecule has 2 aromatic rings. The second kappa shape index (κ2) is 8.43. The SMILES string of the molecule is Cc1cc(NCc2ccc(F)cc2)nc(NCCCN(C)C)n1. The number of hydrogen-bond donors (Lipinski definition) is 2. The number of nitrogens with one attached hydrogen (secondary N) is 2. The maximum Gasteiger partial charge on any atom is 0.224 e. The Morgan fingerprint density at radius 1 is 1.09 bits per heavy atom. The smallest absolute Gasteiger partial charge is 0.224 e. The molecule has 0 aliphatic carbocycles. The molecule has 0 amide bonds. The van der Waals surface area contributed by atoms with Crippen LogP contribution in [0.15, 0.2) is 30.3 Å². The van der Waals surface area contributed by atoms with E-state index in [0.717, 1.165) is 36.6 Å². The van der Waals surface area contributed by atoms with Crippen LogP contribution in [0.3, 0.4) is 0 Å². The quantitative estimate of drug-likeness (QED) is 0.733. The lowest BCUT2D eigenvalue weighted by molar-refractivity contribution is 0.405. The van der Waals surface area contributed by atoms with Gasteiger partial charge >= 0.3 is 0 Å². The number of hydrogen-bond acceptors (Lipinski definition) is 5. The monoisotopic (exact) mass is 317 g/mol. The molecule has 124 valence electrons. The average molecular weight is 317 g/mol. The zero-order valence-corrected chi connectivity index (χ0v) is 13.9. The van der Waals surface area contributed by atoms with E-state index in [1.165, 1.54) is 12.1 Å². The molecule has 0 bridgehead atoms. The van der Waals surface area contributed by atoms with E-state index in [2.05, 4.69) is 39.6 Å². The van der Waals surface area contributed by atoms with Crippen LogP contribution in [0.25, 0.3) is 0 Å². The summed E-state index contributed by atoms with van der Waals surface area (Å²) < 4.78 is 12.9. The van der Waals surface area contributed by atoms with Gasteiger partial charge in [0.2, 0.25) is 5.95 Å². The average Bonchev–Trinajstić information content (AvgIpc) is 2.50. The fourth-order valence-electron chi connectivity index (χ4n) is 2.13. The van der Waals surface area contributed by atoms with Gasteiger partial charge in [-0.2, -0.15) is 4.98 Å². The molecule has 2 rings (SSSR count). The van der Waals surface area contributed by atoms with E-state index in [1.807, 2.05) is 13.0 Å². The molecule has 0 unspecified atom stereocenters. The standard InChI is InChI=1S/C17H24FN5/c1-13-11-16(20-12-14-5-7-15(18)8-6-14)22-17(21-13)19-9-4-10-23(2)3/h5-8,11H,4,9-10,12H2,1-3H3,(H2,19,20,21,22). The highest BCUT2D eigenvalue weighted by Crippen LogP contribution is 2.11. The Morgan fingerprint density at radius 3 is 2.52 bits per heavy atom. The van der Waals surface area contributed by atoms with Crippen LogP contribution in [0.1, 0.15) is 17.7 Å². The number of aromatic nitrogens is 2. The fourth-order valence-corrected chi connectivity index (χ4v) is 2.13. The first-order valence-corrected chi connectivity index (χ1v) is 7.75. The van der Waals surface area contributed by atoms with E-state index >= 15 is 0 Å². The molecule has 2 N–H and O–H groups in total. The third-order valence-electron chi connectivity index (χ3n) is 3.31. The Kier molecular flexibility index (Phi) is 6.29. The van der Waals surface area contributed by atoms with E-state index in [-0.39, 0.29) is 5.82 Å². The van der Waals surface area contributed by atoms with Crippen LogP contribution in [-0.2, 0) is 6.54 Å². The number of halogens is 1. The van der Waals surface area contributed by atoms with E-state index in [1.54, 1.807) is 12.1 Å². The van der Waals surface area contributed by atoms with Gasteiger partial charge in [-0.05, 0) is 51.7 Å². The van der Waals surface area contributed by atoms with E-state index in [0.29, 0.717) is 12.5 Å². The van der Waals surface area contributed by atoms with Gasteiger partial charge in [0, 0.05) is 24.8 Å². The molecule has 1 aromatic carbocycles. The van der Waals surface area contributed by atoms with Crippen LogP contribution in [0.5, 0.6) is 0 Å². The zero-order chi connectivity index (χ0) is 16.7. The Hall–Kier alpha value is -2.21. The molecule has 6 heteroatoms. The molecule has 1 aromatic heterocycles. The minimum atomic E-state index is -0.226. The maximum absolute atomic E-state index is 12.9. The highest BCUT2D eigenvalue weighted by molar-refractivity contribution is 5.42. The zero-order valence-electron chi connectivity index (χ0n) is 13.9. The Balaban J connectivity index is 1.90. The normalized spacial score (nSPS) is 10.8. The van der Waals surface area contributed by atoms with Gasteiger partial charge in [0.1, 0.15) is 11.6 Å². The summed E-state index contributed by atoms with van der Waals surface area (Å²) in [6, 6.07) is 8.34. The largest absolute Gasteiger partial charge is 0.366 e. The Morgan fingerprint density at radius 2 is 1.83 bits per heavy atom. The van der Waals surface area contributed by atoms with E-state index < -0.39 is 0 Å². The van der Waals surface area contributed by atoms with Crippen molar-refractivity contribution in [2.45, 2.75) is 19.9 Å². The highest BCUT2D eigenvalue weighted by Gasteiger charge is 2.02. The van der Waals surface area contributed by atoms with Crippen LogP contribution >= 0.6 is 0 Å². The summed E-state index contributed by atoms with van der Waals surface area (Å²) in [5.41, 5.74) is 1.90. The van der Waals surface area contributed by atoms with E-state index in [4.69, 9.17) is 0 Å². The van der Waals surface area contributed by atoms with Crippen molar-refractivity contribution >= 4 is 11.8 Å². The summed E-state index contributed by atoms with van der Waals surface area (Å²) >= 11 is 0. The molecule has 0 radical (unpaired) electrons. The van der Waals surface area contributed by atoms with Gasteiger partial charge in [0.25, 0.3) is 0 Å². The molecule has 0 fully saturated rings. The van der Waals surface area contributed by atoms with Gasteiger partial charge in [-0.15, -0.1) is 0 Å². The van der Waals surface area contributed by atoms with Crippen molar-refractivity contribution in [3.8, 4) is 0 Å². The first kappa shape index (κ1) is 17.1.